The topological polar surface area (TPSA) is 32.7 Å². The van der Waals surface area contributed by atoms with E-state index in [1.54, 1.807) is 0 Å². The van der Waals surface area contributed by atoms with Gasteiger partial charge in [0, 0.05) is 11.1 Å². The Balaban J connectivity index is 2.22. The van der Waals surface area contributed by atoms with Crippen LogP contribution in [0.5, 0.6) is 0 Å². The van der Waals surface area contributed by atoms with Crippen molar-refractivity contribution in [1.82, 2.24) is 5.06 Å². The third-order valence-corrected chi connectivity index (χ3v) is 4.33. The minimum atomic E-state index is -0.332. The number of rotatable bonds is 2. The first-order chi connectivity index (χ1) is 10.1. The number of aliphatic hydroxyl groups is 1. The van der Waals surface area contributed by atoms with Crippen LogP contribution in [0.4, 0.5) is 0 Å². The number of hydroxylamine groups is 2. The average molecular weight is 283 g/mol. The number of hydrogen-bond acceptors (Lipinski definition) is 3. The second kappa shape index (κ2) is 6.17. The fourth-order valence-corrected chi connectivity index (χ4v) is 3.68. The van der Waals surface area contributed by atoms with Gasteiger partial charge in [-0.05, 0) is 59.8 Å². The highest BCUT2D eigenvalue weighted by Crippen LogP contribution is 2.39. The van der Waals surface area contributed by atoms with Gasteiger partial charge in [0.25, 0.3) is 0 Å². The smallest absolute Gasteiger partial charge is 0.0974 e. The van der Waals surface area contributed by atoms with Crippen molar-refractivity contribution in [2.45, 2.75) is 95.9 Å². The molecule has 3 nitrogen and oxygen atoms in total. The Morgan fingerprint density at radius 3 is 2.45 bits per heavy atom. The van der Waals surface area contributed by atoms with Crippen molar-refractivity contribution in [3.8, 4) is 0 Å². The first kappa shape index (κ1) is 13.3. The Morgan fingerprint density at radius 2 is 1.80 bits per heavy atom. The summed E-state index contributed by atoms with van der Waals surface area (Å²) in [6, 6.07) is 0.745. The third-order valence-electron chi connectivity index (χ3n) is 4.33. The van der Waals surface area contributed by atoms with E-state index in [1.165, 1.54) is 0 Å². The first-order valence-electron chi connectivity index (χ1n) is 8.95. The van der Waals surface area contributed by atoms with E-state index in [9.17, 15) is 5.11 Å². The standard InChI is InChI=1S/C17H31NO2/c1-16(2)12-14(19)13-17(3,4)18(16)20-15-10-8-6-5-7-9-11-15/h8,10,14-15,19H,5-7,9,11-13H2,1-4H3/b10-8-/i8D,10D. The van der Waals surface area contributed by atoms with Crippen LogP contribution in [0.1, 0.15) is 75.4 Å². The minimum Gasteiger partial charge on any atom is -0.393 e. The van der Waals surface area contributed by atoms with Gasteiger partial charge in [0.15, 0.2) is 0 Å². The molecule has 1 aliphatic carbocycles. The van der Waals surface area contributed by atoms with Gasteiger partial charge >= 0.3 is 0 Å². The normalized spacial score (nSPS) is 37.8. The molecule has 1 saturated heterocycles. The predicted octanol–water partition coefficient (Wildman–Crippen LogP) is 3.82. The van der Waals surface area contributed by atoms with Gasteiger partial charge in [-0.25, -0.2) is 0 Å². The van der Waals surface area contributed by atoms with Crippen LogP contribution >= 0.6 is 0 Å². The molecule has 1 atom stereocenters. The first-order valence-corrected chi connectivity index (χ1v) is 7.95. The molecule has 1 fully saturated rings. The Hall–Kier alpha value is -0.380. The Morgan fingerprint density at radius 1 is 1.15 bits per heavy atom. The lowest BCUT2D eigenvalue weighted by molar-refractivity contribution is -0.307. The predicted molar refractivity (Wildman–Crippen MR) is 82.3 cm³/mol. The fraction of sp³-hybridized carbons (Fsp3) is 0.882. The highest BCUT2D eigenvalue weighted by Gasteiger charge is 2.46. The second-order valence-electron chi connectivity index (χ2n) is 7.50. The van der Waals surface area contributed by atoms with Crippen LogP contribution in [0, 0.1) is 0 Å². The van der Waals surface area contributed by atoms with Crippen LogP contribution in [0.25, 0.3) is 0 Å². The SMILES string of the molecule is [2H]/C1=C(\[2H])C(ON2C(C)(C)CC(O)CC2(C)C)CCCCC1. The van der Waals surface area contributed by atoms with Gasteiger partial charge in [0.1, 0.15) is 0 Å². The molecule has 0 saturated carbocycles. The number of nitrogens with zero attached hydrogens (tertiary/aromatic N) is 1. The lowest BCUT2D eigenvalue weighted by Crippen LogP contribution is -2.62. The summed E-state index contributed by atoms with van der Waals surface area (Å²) in [6.07, 6.45) is 5.29. The van der Waals surface area contributed by atoms with Crippen LogP contribution in [0.2, 0.25) is 0 Å². The van der Waals surface area contributed by atoms with E-state index >= 15 is 0 Å². The summed E-state index contributed by atoms with van der Waals surface area (Å²) < 4.78 is 16.3. The van der Waals surface area contributed by atoms with Crippen LogP contribution in [-0.4, -0.2) is 33.5 Å². The zero-order chi connectivity index (χ0) is 16.5. The van der Waals surface area contributed by atoms with E-state index in [-0.39, 0.29) is 23.3 Å². The van der Waals surface area contributed by atoms with E-state index < -0.39 is 0 Å². The molecule has 116 valence electrons. The maximum Gasteiger partial charge on any atom is 0.0974 e. The molecule has 0 bridgehead atoms. The number of piperidine rings is 1. The van der Waals surface area contributed by atoms with Gasteiger partial charge in [0.2, 0.25) is 0 Å². The highest BCUT2D eigenvalue weighted by atomic mass is 16.7. The molecular weight excluding hydrogens is 250 g/mol. The molecule has 0 amide bonds. The monoisotopic (exact) mass is 283 g/mol. The summed E-state index contributed by atoms with van der Waals surface area (Å²) in [5.74, 6) is 0. The number of hydrogen-bond donors (Lipinski definition) is 1. The van der Waals surface area contributed by atoms with Crippen LogP contribution in [-0.2, 0) is 4.84 Å². The van der Waals surface area contributed by atoms with Crippen LogP contribution in [0.3, 0.4) is 0 Å². The van der Waals surface area contributed by atoms with E-state index in [0.29, 0.717) is 31.4 Å². The molecule has 2 aliphatic rings. The lowest BCUT2D eigenvalue weighted by Gasteiger charge is -2.53. The van der Waals surface area contributed by atoms with Crippen molar-refractivity contribution < 1.29 is 12.7 Å². The van der Waals surface area contributed by atoms with Crippen molar-refractivity contribution in [1.29, 1.82) is 0 Å². The van der Waals surface area contributed by atoms with Crippen molar-refractivity contribution in [3.05, 3.63) is 12.1 Å². The Kier molecular flexibility index (Phi) is 4.10. The van der Waals surface area contributed by atoms with E-state index in [0.717, 1.165) is 25.7 Å². The van der Waals surface area contributed by atoms with Crippen molar-refractivity contribution >= 4 is 0 Å². The van der Waals surface area contributed by atoms with Crippen molar-refractivity contribution in [2.24, 2.45) is 0 Å². The van der Waals surface area contributed by atoms with Gasteiger partial charge in [0.05, 0.1) is 14.9 Å². The highest BCUT2D eigenvalue weighted by molar-refractivity contribution is 4.98. The quantitative estimate of drug-likeness (QED) is 0.782. The minimum absolute atomic E-state index is 0.286. The molecule has 1 heterocycles. The largest absolute Gasteiger partial charge is 0.393 e. The molecule has 20 heavy (non-hydrogen) atoms. The fourth-order valence-electron chi connectivity index (χ4n) is 3.68. The molecule has 0 aromatic rings. The molecule has 0 radical (unpaired) electrons. The summed E-state index contributed by atoms with van der Waals surface area (Å²) in [4.78, 5) is 6.29. The molecular formula is C17H31NO2. The maximum absolute atomic E-state index is 10.1. The van der Waals surface area contributed by atoms with Crippen LogP contribution < -0.4 is 0 Å². The maximum atomic E-state index is 10.1. The molecule has 1 unspecified atom stereocenters. The van der Waals surface area contributed by atoms with E-state index in [4.69, 9.17) is 7.58 Å². The third kappa shape index (κ3) is 3.84. The molecule has 2 rings (SSSR count). The van der Waals surface area contributed by atoms with E-state index in [1.807, 2.05) is 5.06 Å². The summed E-state index contributed by atoms with van der Waals surface area (Å²) in [5, 5.41) is 12.1. The van der Waals surface area contributed by atoms with Gasteiger partial charge < -0.3 is 5.11 Å². The van der Waals surface area contributed by atoms with Crippen LogP contribution in [0.15, 0.2) is 12.1 Å². The lowest BCUT2D eigenvalue weighted by atomic mass is 9.80. The van der Waals surface area contributed by atoms with Gasteiger partial charge in [-0.3, -0.25) is 4.84 Å². The zero-order valence-corrected chi connectivity index (χ0v) is 13.4. The molecule has 1 aliphatic heterocycles. The van der Waals surface area contributed by atoms with Gasteiger partial charge in [-0.15, -0.1) is 0 Å². The van der Waals surface area contributed by atoms with E-state index in [2.05, 4.69) is 27.7 Å². The number of aliphatic hydroxyl groups excluding tert-OH is 1. The van der Waals surface area contributed by atoms with Gasteiger partial charge in [-0.2, -0.15) is 5.06 Å². The summed E-state index contributed by atoms with van der Waals surface area (Å²) in [7, 11) is 0. The van der Waals surface area contributed by atoms with Gasteiger partial charge in [-0.1, -0.05) is 24.9 Å². The molecule has 0 aromatic heterocycles. The summed E-state index contributed by atoms with van der Waals surface area (Å²) >= 11 is 0. The Labute approximate surface area is 126 Å². The Bertz CT molecular complexity index is 416. The molecule has 1 N–H and O–H groups in total. The number of allylic oxidation sites excluding steroid dienone is 1. The summed E-state index contributed by atoms with van der Waals surface area (Å²) in [5.41, 5.74) is -0.571. The zero-order valence-electron chi connectivity index (χ0n) is 15.4. The average Bonchev–Trinajstić information content (AvgIpc) is 2.35. The second-order valence-corrected chi connectivity index (χ2v) is 7.50. The molecule has 0 spiro atoms. The summed E-state index contributed by atoms with van der Waals surface area (Å²) in [6.45, 7) is 8.31. The molecule has 0 aromatic carbocycles. The molecule has 3 heteroatoms. The van der Waals surface area contributed by atoms with Crippen molar-refractivity contribution in [3.63, 3.8) is 0 Å². The van der Waals surface area contributed by atoms with Crippen molar-refractivity contribution in [2.75, 3.05) is 0 Å².